The van der Waals surface area contributed by atoms with E-state index in [1.54, 1.807) is 6.92 Å². The van der Waals surface area contributed by atoms with Gasteiger partial charge in [0.1, 0.15) is 0 Å². The number of halogens is 3. The van der Waals surface area contributed by atoms with Crippen LogP contribution in [-0.4, -0.2) is 38.0 Å². The van der Waals surface area contributed by atoms with Crippen molar-refractivity contribution in [2.45, 2.75) is 25.1 Å². The topological polar surface area (TPSA) is 46.6 Å². The van der Waals surface area contributed by atoms with E-state index in [-0.39, 0.29) is 12.5 Å². The summed E-state index contributed by atoms with van der Waals surface area (Å²) in [5, 5.41) is 0. The van der Waals surface area contributed by atoms with Crippen molar-refractivity contribution < 1.29 is 25.8 Å². The third-order valence-corrected chi connectivity index (χ3v) is 4.47. The Morgan fingerprint density at radius 1 is 1.24 bits per heavy atom. The molecule has 0 bridgehead atoms. The second kappa shape index (κ2) is 5.94. The first-order chi connectivity index (χ1) is 9.69. The molecule has 1 aliphatic heterocycles. The number of benzene rings is 1. The maximum Gasteiger partial charge on any atom is 0.523 e. The van der Waals surface area contributed by atoms with Crippen molar-refractivity contribution >= 4 is 10.1 Å². The summed E-state index contributed by atoms with van der Waals surface area (Å²) >= 11 is 0. The molecule has 0 saturated carbocycles. The van der Waals surface area contributed by atoms with Gasteiger partial charge < -0.3 is 0 Å². The first kappa shape index (κ1) is 16.3. The molecular weight excluding hydrogens is 307 g/mol. The number of rotatable bonds is 4. The predicted molar refractivity (Wildman–Crippen MR) is 70.7 cm³/mol. The molecule has 1 aromatic rings. The first-order valence-corrected chi connectivity index (χ1v) is 7.86. The van der Waals surface area contributed by atoms with E-state index < -0.39 is 21.7 Å². The van der Waals surface area contributed by atoms with E-state index in [2.05, 4.69) is 4.18 Å². The monoisotopic (exact) mass is 323 g/mol. The van der Waals surface area contributed by atoms with Gasteiger partial charge in [-0.15, -0.1) is 0 Å². The van der Waals surface area contributed by atoms with E-state index in [9.17, 15) is 21.6 Å². The normalized spacial score (nSPS) is 24.4. The van der Waals surface area contributed by atoms with Gasteiger partial charge in [0, 0.05) is 19.6 Å². The number of hydrogen-bond acceptors (Lipinski definition) is 4. The number of alkyl halides is 3. The number of nitrogens with zero attached hydrogens (tertiary/aromatic N) is 1. The highest BCUT2D eigenvalue weighted by molar-refractivity contribution is 7.87. The van der Waals surface area contributed by atoms with Gasteiger partial charge in [-0.25, -0.2) is 0 Å². The predicted octanol–water partition coefficient (Wildman–Crippen LogP) is 2.37. The van der Waals surface area contributed by atoms with Gasteiger partial charge in [0.15, 0.2) is 0 Å². The Morgan fingerprint density at radius 3 is 2.43 bits per heavy atom. The van der Waals surface area contributed by atoms with E-state index in [0.717, 1.165) is 5.56 Å². The second-order valence-electron chi connectivity index (χ2n) is 5.19. The molecule has 4 nitrogen and oxygen atoms in total. The van der Waals surface area contributed by atoms with Crippen LogP contribution in [0.4, 0.5) is 13.2 Å². The SMILES string of the molecule is C[C@@H]1CN(Cc2ccccc2)C[C@H]1OS(=O)(=O)C(F)(F)F. The van der Waals surface area contributed by atoms with Crippen LogP contribution in [-0.2, 0) is 20.8 Å². The fourth-order valence-corrected chi connectivity index (χ4v) is 3.03. The highest BCUT2D eigenvalue weighted by Crippen LogP contribution is 2.30. The van der Waals surface area contributed by atoms with Crippen LogP contribution in [0, 0.1) is 5.92 Å². The van der Waals surface area contributed by atoms with Crippen LogP contribution < -0.4 is 0 Å². The Kier molecular flexibility index (Phi) is 4.60. The molecule has 2 rings (SSSR count). The maximum atomic E-state index is 12.3. The van der Waals surface area contributed by atoms with Crippen LogP contribution in [0.15, 0.2) is 30.3 Å². The van der Waals surface area contributed by atoms with Crippen LogP contribution in [0.5, 0.6) is 0 Å². The lowest BCUT2D eigenvalue weighted by Gasteiger charge is -2.17. The van der Waals surface area contributed by atoms with Gasteiger partial charge in [-0.05, 0) is 11.5 Å². The summed E-state index contributed by atoms with van der Waals surface area (Å²) in [5.74, 6) is -0.286. The van der Waals surface area contributed by atoms with Gasteiger partial charge in [-0.1, -0.05) is 37.3 Å². The molecule has 1 aromatic carbocycles. The molecule has 1 aliphatic rings. The van der Waals surface area contributed by atoms with Crippen molar-refractivity contribution in [3.8, 4) is 0 Å². The molecular formula is C13H16F3NO3S. The molecule has 21 heavy (non-hydrogen) atoms. The van der Waals surface area contributed by atoms with Crippen LogP contribution in [0.25, 0.3) is 0 Å². The summed E-state index contributed by atoms with van der Waals surface area (Å²) in [7, 11) is -5.54. The van der Waals surface area contributed by atoms with Gasteiger partial charge in [0.2, 0.25) is 0 Å². The van der Waals surface area contributed by atoms with Gasteiger partial charge in [0.25, 0.3) is 0 Å². The average Bonchev–Trinajstić information content (AvgIpc) is 2.69. The van der Waals surface area contributed by atoms with Crippen LogP contribution in [0.1, 0.15) is 12.5 Å². The minimum atomic E-state index is -5.54. The third-order valence-electron chi connectivity index (χ3n) is 3.40. The van der Waals surface area contributed by atoms with Crippen molar-refractivity contribution in [3.63, 3.8) is 0 Å². The fraction of sp³-hybridized carbons (Fsp3) is 0.538. The van der Waals surface area contributed by atoms with Crippen molar-refractivity contribution in [1.82, 2.24) is 4.90 Å². The van der Waals surface area contributed by atoms with Crippen LogP contribution in [0.3, 0.4) is 0 Å². The zero-order valence-electron chi connectivity index (χ0n) is 11.4. The molecule has 1 fully saturated rings. The summed E-state index contributed by atoms with van der Waals surface area (Å²) in [6, 6.07) is 9.43. The fourth-order valence-electron chi connectivity index (χ4n) is 2.35. The lowest BCUT2D eigenvalue weighted by Crippen LogP contribution is -2.33. The summed E-state index contributed by atoms with van der Waals surface area (Å²) in [5.41, 5.74) is -4.36. The third kappa shape index (κ3) is 3.96. The van der Waals surface area contributed by atoms with Gasteiger partial charge >= 0.3 is 15.6 Å². The van der Waals surface area contributed by atoms with Crippen molar-refractivity contribution in [2.75, 3.05) is 13.1 Å². The zero-order valence-corrected chi connectivity index (χ0v) is 12.2. The molecule has 2 atom stereocenters. The molecule has 118 valence electrons. The van der Waals surface area contributed by atoms with E-state index in [0.29, 0.717) is 13.1 Å². The zero-order chi connectivity index (χ0) is 15.7. The van der Waals surface area contributed by atoms with Crippen LogP contribution >= 0.6 is 0 Å². The lowest BCUT2D eigenvalue weighted by atomic mass is 10.1. The standard InChI is InChI=1S/C13H16F3NO3S/c1-10-7-17(8-11-5-3-2-4-6-11)9-12(10)20-21(18,19)13(14,15)16/h2-6,10,12H,7-9H2,1H3/t10-,12-/m1/s1. The Morgan fingerprint density at radius 2 is 1.86 bits per heavy atom. The Labute approximate surface area is 121 Å². The molecule has 1 saturated heterocycles. The Balaban J connectivity index is 1.99. The van der Waals surface area contributed by atoms with Gasteiger partial charge in [-0.3, -0.25) is 9.08 Å². The molecule has 0 N–H and O–H groups in total. The summed E-state index contributed by atoms with van der Waals surface area (Å²) < 4.78 is 63.4. The smallest absolute Gasteiger partial charge is 0.296 e. The average molecular weight is 323 g/mol. The van der Waals surface area contributed by atoms with Crippen molar-refractivity contribution in [1.29, 1.82) is 0 Å². The molecule has 0 spiro atoms. The van der Waals surface area contributed by atoms with Crippen LogP contribution in [0.2, 0.25) is 0 Å². The largest absolute Gasteiger partial charge is 0.523 e. The van der Waals surface area contributed by atoms with Crippen molar-refractivity contribution in [3.05, 3.63) is 35.9 Å². The summed E-state index contributed by atoms with van der Waals surface area (Å²) in [4.78, 5) is 1.89. The summed E-state index contributed by atoms with van der Waals surface area (Å²) in [6.45, 7) is 2.89. The van der Waals surface area contributed by atoms with E-state index in [1.165, 1.54) is 0 Å². The lowest BCUT2D eigenvalue weighted by molar-refractivity contribution is -0.0580. The quantitative estimate of drug-likeness (QED) is 0.630. The van der Waals surface area contributed by atoms with Gasteiger partial charge in [0.05, 0.1) is 6.10 Å². The van der Waals surface area contributed by atoms with E-state index in [4.69, 9.17) is 0 Å². The highest BCUT2D eigenvalue weighted by Gasteiger charge is 2.50. The van der Waals surface area contributed by atoms with Gasteiger partial charge in [-0.2, -0.15) is 21.6 Å². The van der Waals surface area contributed by atoms with E-state index >= 15 is 0 Å². The Hall–Kier alpha value is -1.12. The molecule has 0 unspecified atom stereocenters. The first-order valence-electron chi connectivity index (χ1n) is 6.45. The Bertz CT molecular complexity index is 574. The molecule has 8 heteroatoms. The molecule has 0 aliphatic carbocycles. The summed E-state index contributed by atoms with van der Waals surface area (Å²) in [6.07, 6.45) is -0.972. The van der Waals surface area contributed by atoms with E-state index in [1.807, 2.05) is 35.2 Å². The van der Waals surface area contributed by atoms with Crippen molar-refractivity contribution in [2.24, 2.45) is 5.92 Å². The maximum absolute atomic E-state index is 12.3. The minimum absolute atomic E-state index is 0.158. The molecule has 0 radical (unpaired) electrons. The second-order valence-corrected chi connectivity index (χ2v) is 6.76. The highest BCUT2D eigenvalue weighted by atomic mass is 32.2. The molecule has 0 amide bonds. The number of likely N-dealkylation sites (tertiary alicyclic amines) is 1. The number of hydrogen-bond donors (Lipinski definition) is 0. The molecule has 0 aromatic heterocycles. The minimum Gasteiger partial charge on any atom is -0.296 e. The molecule has 1 heterocycles.